The molecule has 0 radical (unpaired) electrons. The van der Waals surface area contributed by atoms with Crippen LogP contribution in [0, 0.1) is 0 Å². The monoisotopic (exact) mass is 294 g/mol. The van der Waals surface area contributed by atoms with Gasteiger partial charge in [0.25, 0.3) is 0 Å². The molecule has 4 nitrogen and oxygen atoms in total. The van der Waals surface area contributed by atoms with Crippen LogP contribution in [-0.2, 0) is 7.05 Å². The summed E-state index contributed by atoms with van der Waals surface area (Å²) in [6, 6.07) is 13.9. The molecule has 0 aliphatic rings. The molecular weight excluding hydrogens is 276 g/mol. The van der Waals surface area contributed by atoms with Crippen molar-refractivity contribution in [2.75, 3.05) is 14.2 Å². The average molecular weight is 294 g/mol. The quantitative estimate of drug-likeness (QED) is 0.735. The number of ether oxygens (including phenoxy) is 2. The van der Waals surface area contributed by atoms with Crippen molar-refractivity contribution < 1.29 is 9.47 Å². The molecule has 1 aromatic heterocycles. The Morgan fingerprint density at radius 1 is 0.955 bits per heavy atom. The third-order valence-electron chi connectivity index (χ3n) is 3.65. The van der Waals surface area contributed by atoms with Crippen LogP contribution in [0.5, 0.6) is 11.5 Å². The van der Waals surface area contributed by atoms with E-state index in [1.807, 2.05) is 55.6 Å². The van der Waals surface area contributed by atoms with E-state index in [1.165, 1.54) is 0 Å². The lowest BCUT2D eigenvalue weighted by Gasteiger charge is -2.07. The molecule has 3 aromatic rings. The van der Waals surface area contributed by atoms with Crippen molar-refractivity contribution in [3.63, 3.8) is 0 Å². The summed E-state index contributed by atoms with van der Waals surface area (Å²) in [6.45, 7) is 0. The number of methoxy groups -OCH3 is 2. The number of hydrogen-bond donors (Lipinski definition) is 0. The number of hydrogen-bond acceptors (Lipinski definition) is 3. The Morgan fingerprint density at radius 3 is 2.45 bits per heavy atom. The van der Waals surface area contributed by atoms with Gasteiger partial charge in [-0.3, -0.25) is 0 Å². The topological polar surface area (TPSA) is 36.3 Å². The van der Waals surface area contributed by atoms with E-state index < -0.39 is 0 Å². The summed E-state index contributed by atoms with van der Waals surface area (Å²) in [6.07, 6.45) is 4.02. The van der Waals surface area contributed by atoms with Crippen LogP contribution in [0.1, 0.15) is 11.4 Å². The van der Waals surface area contributed by atoms with Gasteiger partial charge in [0.2, 0.25) is 0 Å². The second-order valence-electron chi connectivity index (χ2n) is 4.97. The van der Waals surface area contributed by atoms with Crippen molar-refractivity contribution in [1.82, 2.24) is 9.55 Å². The molecule has 0 spiro atoms. The minimum absolute atomic E-state index is 0.717. The maximum atomic E-state index is 5.32. The average Bonchev–Trinajstić information content (AvgIpc) is 2.89. The van der Waals surface area contributed by atoms with E-state index in [4.69, 9.17) is 9.47 Å². The molecule has 1 heterocycles. The predicted molar refractivity (Wildman–Crippen MR) is 89.2 cm³/mol. The number of nitrogens with zero attached hydrogens (tertiary/aromatic N) is 2. The Labute approximate surface area is 129 Å². The fourth-order valence-electron chi connectivity index (χ4n) is 2.44. The van der Waals surface area contributed by atoms with Crippen molar-refractivity contribution in [2.24, 2.45) is 7.05 Å². The molecular formula is C18H18N2O2. The van der Waals surface area contributed by atoms with Crippen molar-refractivity contribution in [3.8, 4) is 11.5 Å². The van der Waals surface area contributed by atoms with Gasteiger partial charge >= 0.3 is 0 Å². The SMILES string of the molecule is COc1ccc(/C=C/c2nc3ccccc3n2C)cc1OC. The third kappa shape index (κ3) is 2.55. The van der Waals surface area contributed by atoms with Gasteiger partial charge in [-0.05, 0) is 35.9 Å². The van der Waals surface area contributed by atoms with E-state index >= 15 is 0 Å². The molecule has 22 heavy (non-hydrogen) atoms. The van der Waals surface area contributed by atoms with Gasteiger partial charge in [0, 0.05) is 7.05 Å². The lowest BCUT2D eigenvalue weighted by molar-refractivity contribution is 0.355. The normalized spacial score (nSPS) is 11.2. The molecule has 0 N–H and O–H groups in total. The summed E-state index contributed by atoms with van der Waals surface area (Å²) in [4.78, 5) is 4.62. The Bertz CT molecular complexity index is 834. The number of fused-ring (bicyclic) bond motifs is 1. The van der Waals surface area contributed by atoms with Crippen LogP contribution < -0.4 is 9.47 Å². The van der Waals surface area contributed by atoms with Crippen LogP contribution in [0.3, 0.4) is 0 Å². The summed E-state index contributed by atoms with van der Waals surface area (Å²) in [7, 11) is 5.28. The van der Waals surface area contributed by atoms with Gasteiger partial charge in [0.15, 0.2) is 11.5 Å². The zero-order valence-electron chi connectivity index (χ0n) is 12.9. The van der Waals surface area contributed by atoms with Gasteiger partial charge in [-0.2, -0.15) is 0 Å². The first-order valence-corrected chi connectivity index (χ1v) is 7.04. The highest BCUT2D eigenvalue weighted by Crippen LogP contribution is 2.28. The zero-order chi connectivity index (χ0) is 15.5. The molecule has 0 bridgehead atoms. The van der Waals surface area contributed by atoms with Crippen LogP contribution in [0.25, 0.3) is 23.2 Å². The molecule has 112 valence electrons. The molecule has 0 atom stereocenters. The van der Waals surface area contributed by atoms with Crippen molar-refractivity contribution >= 4 is 23.2 Å². The van der Waals surface area contributed by atoms with E-state index in [-0.39, 0.29) is 0 Å². The van der Waals surface area contributed by atoms with Gasteiger partial charge in [-0.25, -0.2) is 4.98 Å². The number of aromatic nitrogens is 2. The number of rotatable bonds is 4. The van der Waals surface area contributed by atoms with Crippen LogP contribution >= 0.6 is 0 Å². The Kier molecular flexibility index (Phi) is 3.83. The minimum atomic E-state index is 0.717. The summed E-state index contributed by atoms with van der Waals surface area (Å²) in [5.74, 6) is 2.35. The first kappa shape index (κ1) is 14.2. The van der Waals surface area contributed by atoms with E-state index in [0.29, 0.717) is 0 Å². The fourth-order valence-corrected chi connectivity index (χ4v) is 2.44. The molecule has 3 rings (SSSR count). The zero-order valence-corrected chi connectivity index (χ0v) is 12.9. The van der Waals surface area contributed by atoms with Crippen molar-refractivity contribution in [1.29, 1.82) is 0 Å². The maximum absolute atomic E-state index is 5.32. The van der Waals surface area contributed by atoms with Gasteiger partial charge in [-0.1, -0.05) is 24.3 Å². The molecule has 0 saturated carbocycles. The van der Waals surface area contributed by atoms with Crippen LogP contribution in [0.15, 0.2) is 42.5 Å². The number of para-hydroxylation sites is 2. The number of aryl methyl sites for hydroxylation is 1. The second kappa shape index (κ2) is 5.93. The van der Waals surface area contributed by atoms with Crippen LogP contribution in [-0.4, -0.2) is 23.8 Å². The van der Waals surface area contributed by atoms with Crippen molar-refractivity contribution in [3.05, 3.63) is 53.9 Å². The maximum Gasteiger partial charge on any atom is 0.161 e. The molecule has 0 fully saturated rings. The van der Waals surface area contributed by atoms with Crippen LogP contribution in [0.4, 0.5) is 0 Å². The Balaban J connectivity index is 1.94. The lowest BCUT2D eigenvalue weighted by atomic mass is 10.2. The van der Waals surface area contributed by atoms with E-state index in [2.05, 4.69) is 15.6 Å². The van der Waals surface area contributed by atoms with Gasteiger partial charge in [0.1, 0.15) is 5.82 Å². The molecule has 0 aliphatic heterocycles. The molecule has 4 heteroatoms. The first-order chi connectivity index (χ1) is 10.7. The Hall–Kier alpha value is -2.75. The van der Waals surface area contributed by atoms with Crippen LogP contribution in [0.2, 0.25) is 0 Å². The molecule has 0 aliphatic carbocycles. The lowest BCUT2D eigenvalue weighted by Crippen LogP contribution is -1.91. The highest BCUT2D eigenvalue weighted by atomic mass is 16.5. The number of imidazole rings is 1. The van der Waals surface area contributed by atoms with Gasteiger partial charge in [-0.15, -0.1) is 0 Å². The molecule has 0 unspecified atom stereocenters. The highest BCUT2D eigenvalue weighted by Gasteiger charge is 2.05. The summed E-state index contributed by atoms with van der Waals surface area (Å²) in [5.41, 5.74) is 3.15. The Morgan fingerprint density at radius 2 is 1.73 bits per heavy atom. The summed E-state index contributed by atoms with van der Waals surface area (Å²) in [5, 5.41) is 0. The highest BCUT2D eigenvalue weighted by molar-refractivity contribution is 5.79. The minimum Gasteiger partial charge on any atom is -0.493 e. The smallest absolute Gasteiger partial charge is 0.161 e. The van der Waals surface area contributed by atoms with Crippen molar-refractivity contribution in [2.45, 2.75) is 0 Å². The summed E-state index contributed by atoms with van der Waals surface area (Å²) >= 11 is 0. The first-order valence-electron chi connectivity index (χ1n) is 7.04. The summed E-state index contributed by atoms with van der Waals surface area (Å²) < 4.78 is 12.6. The fraction of sp³-hybridized carbons (Fsp3) is 0.167. The molecule has 2 aromatic carbocycles. The predicted octanol–water partition coefficient (Wildman–Crippen LogP) is 3.76. The third-order valence-corrected chi connectivity index (χ3v) is 3.65. The second-order valence-corrected chi connectivity index (χ2v) is 4.97. The van der Waals surface area contributed by atoms with E-state index in [9.17, 15) is 0 Å². The van der Waals surface area contributed by atoms with Gasteiger partial charge < -0.3 is 14.0 Å². The number of benzene rings is 2. The largest absolute Gasteiger partial charge is 0.493 e. The van der Waals surface area contributed by atoms with E-state index in [0.717, 1.165) is 33.9 Å². The molecule has 0 saturated heterocycles. The molecule has 0 amide bonds. The van der Waals surface area contributed by atoms with E-state index in [1.54, 1.807) is 14.2 Å². The van der Waals surface area contributed by atoms with Gasteiger partial charge in [0.05, 0.1) is 25.3 Å². The standard InChI is InChI=1S/C18H18N2O2/c1-20-15-7-5-4-6-14(15)19-18(20)11-9-13-8-10-16(21-2)17(12-13)22-3/h4-12H,1-3H3/b11-9+.